The summed E-state index contributed by atoms with van der Waals surface area (Å²) in [5, 5.41) is 14.4. The Morgan fingerprint density at radius 2 is 2.21 bits per heavy atom. The Bertz CT molecular complexity index is 211. The van der Waals surface area contributed by atoms with Gasteiger partial charge in [0.25, 0.3) is 0 Å². The molecule has 0 aromatic heterocycles. The van der Waals surface area contributed by atoms with E-state index in [4.69, 9.17) is 11.5 Å². The van der Waals surface area contributed by atoms with Gasteiger partial charge >= 0.3 is 0 Å². The van der Waals surface area contributed by atoms with Crippen molar-refractivity contribution in [3.8, 4) is 12.3 Å². The van der Waals surface area contributed by atoms with E-state index in [9.17, 15) is 4.79 Å². The number of aliphatic hydroxyl groups is 1. The summed E-state index contributed by atoms with van der Waals surface area (Å²) < 4.78 is 0. The number of carbonyl (C=O) groups is 1. The van der Waals surface area contributed by atoms with Crippen LogP contribution in [0.2, 0.25) is 0 Å². The second kappa shape index (κ2) is 7.36. The Hall–Kier alpha value is -1.05. The lowest BCUT2D eigenvalue weighted by Crippen LogP contribution is -2.42. The molecule has 0 aliphatic rings. The van der Waals surface area contributed by atoms with Crippen molar-refractivity contribution in [2.45, 2.75) is 19.9 Å². The zero-order valence-electron chi connectivity index (χ0n) is 8.71. The lowest BCUT2D eigenvalue weighted by molar-refractivity contribution is -0.121. The molecule has 1 amide bonds. The number of amides is 1. The molecule has 2 unspecified atom stereocenters. The van der Waals surface area contributed by atoms with Gasteiger partial charge in [-0.2, -0.15) is 0 Å². The molecule has 0 radical (unpaired) electrons. The first-order valence-corrected chi connectivity index (χ1v) is 4.66. The topological polar surface area (TPSA) is 61.4 Å². The monoisotopic (exact) mass is 198 g/mol. The average molecular weight is 198 g/mol. The Balaban J connectivity index is 3.66. The molecule has 0 rings (SSSR count). The van der Waals surface area contributed by atoms with Gasteiger partial charge in [0.1, 0.15) is 0 Å². The van der Waals surface area contributed by atoms with Crippen molar-refractivity contribution in [3.63, 3.8) is 0 Å². The van der Waals surface area contributed by atoms with E-state index < -0.39 is 0 Å². The van der Waals surface area contributed by atoms with E-state index in [1.54, 1.807) is 0 Å². The highest BCUT2D eigenvalue weighted by Crippen LogP contribution is 1.99. The zero-order valence-corrected chi connectivity index (χ0v) is 8.71. The van der Waals surface area contributed by atoms with Crippen molar-refractivity contribution in [1.29, 1.82) is 0 Å². The van der Waals surface area contributed by atoms with Crippen LogP contribution in [0.15, 0.2) is 0 Å². The Labute approximate surface area is 85.1 Å². The van der Waals surface area contributed by atoms with Crippen LogP contribution in [0, 0.1) is 18.3 Å². The largest absolute Gasteiger partial charge is 0.396 e. The molecule has 0 aromatic rings. The first kappa shape index (κ1) is 12.9. The van der Waals surface area contributed by atoms with Crippen molar-refractivity contribution in [1.82, 2.24) is 10.6 Å². The van der Waals surface area contributed by atoms with Gasteiger partial charge in [0, 0.05) is 12.6 Å². The van der Waals surface area contributed by atoms with E-state index in [0.717, 1.165) is 0 Å². The zero-order chi connectivity index (χ0) is 11.0. The fourth-order valence-electron chi connectivity index (χ4n) is 0.854. The van der Waals surface area contributed by atoms with E-state index in [0.29, 0.717) is 6.54 Å². The molecule has 0 aromatic carbocycles. The van der Waals surface area contributed by atoms with E-state index in [1.165, 1.54) is 0 Å². The highest BCUT2D eigenvalue weighted by atomic mass is 16.3. The lowest BCUT2D eigenvalue weighted by atomic mass is 10.1. The predicted octanol–water partition coefficient (Wildman–Crippen LogP) is -0.658. The van der Waals surface area contributed by atoms with Gasteiger partial charge in [-0.3, -0.25) is 10.1 Å². The van der Waals surface area contributed by atoms with Crippen LogP contribution in [0.4, 0.5) is 0 Å². The molecule has 0 saturated heterocycles. The summed E-state index contributed by atoms with van der Waals surface area (Å²) in [7, 11) is 0. The van der Waals surface area contributed by atoms with Gasteiger partial charge in [0.05, 0.1) is 13.1 Å². The third kappa shape index (κ3) is 5.57. The number of aliphatic hydroxyl groups excluding tert-OH is 1. The average Bonchev–Trinajstić information content (AvgIpc) is 2.16. The van der Waals surface area contributed by atoms with Crippen LogP contribution in [0.25, 0.3) is 0 Å². The summed E-state index contributed by atoms with van der Waals surface area (Å²) >= 11 is 0. The molecule has 0 spiro atoms. The number of hydrogen-bond donors (Lipinski definition) is 3. The first-order valence-electron chi connectivity index (χ1n) is 4.66. The highest BCUT2D eigenvalue weighted by molar-refractivity contribution is 5.78. The van der Waals surface area contributed by atoms with Crippen LogP contribution in [0.3, 0.4) is 0 Å². The number of terminal acetylenes is 1. The molecule has 0 bridgehead atoms. The maximum absolute atomic E-state index is 11.2. The highest BCUT2D eigenvalue weighted by Gasteiger charge is 2.12. The number of hydrogen-bond acceptors (Lipinski definition) is 3. The molecule has 3 N–H and O–H groups in total. The molecule has 0 heterocycles. The summed E-state index contributed by atoms with van der Waals surface area (Å²) in [5.74, 6) is 2.34. The molecule has 0 aliphatic carbocycles. The Kier molecular flexibility index (Phi) is 6.81. The molecule has 14 heavy (non-hydrogen) atoms. The van der Waals surface area contributed by atoms with Crippen molar-refractivity contribution in [3.05, 3.63) is 0 Å². The molecule has 0 saturated carbocycles. The maximum Gasteiger partial charge on any atom is 0.234 e. The summed E-state index contributed by atoms with van der Waals surface area (Å²) in [4.78, 5) is 11.2. The minimum Gasteiger partial charge on any atom is -0.396 e. The summed E-state index contributed by atoms with van der Waals surface area (Å²) in [6.45, 7) is 4.41. The van der Waals surface area contributed by atoms with E-state index in [2.05, 4.69) is 16.6 Å². The maximum atomic E-state index is 11.2. The van der Waals surface area contributed by atoms with Gasteiger partial charge in [-0.25, -0.2) is 0 Å². The molecule has 0 fully saturated rings. The number of carbonyl (C=O) groups excluding carboxylic acids is 1. The van der Waals surface area contributed by atoms with Crippen molar-refractivity contribution >= 4 is 5.91 Å². The van der Waals surface area contributed by atoms with E-state index >= 15 is 0 Å². The molecule has 4 heteroatoms. The van der Waals surface area contributed by atoms with Crippen LogP contribution in [0.5, 0.6) is 0 Å². The summed E-state index contributed by atoms with van der Waals surface area (Å²) in [6, 6.07) is -0.0277. The number of rotatable bonds is 6. The van der Waals surface area contributed by atoms with Crippen LogP contribution < -0.4 is 10.6 Å². The van der Waals surface area contributed by atoms with Crippen molar-refractivity contribution < 1.29 is 9.90 Å². The minimum atomic E-state index is -0.104. The fraction of sp³-hybridized carbons (Fsp3) is 0.700. The van der Waals surface area contributed by atoms with Crippen LogP contribution in [-0.4, -0.2) is 36.8 Å². The van der Waals surface area contributed by atoms with Gasteiger partial charge < -0.3 is 10.4 Å². The minimum absolute atomic E-state index is 0.0277. The van der Waals surface area contributed by atoms with E-state index in [-0.39, 0.29) is 31.0 Å². The Morgan fingerprint density at radius 1 is 1.57 bits per heavy atom. The second-order valence-electron chi connectivity index (χ2n) is 3.32. The van der Waals surface area contributed by atoms with Crippen LogP contribution in [0.1, 0.15) is 13.8 Å². The first-order chi connectivity index (χ1) is 6.61. The van der Waals surface area contributed by atoms with Gasteiger partial charge in [-0.05, 0) is 12.8 Å². The smallest absolute Gasteiger partial charge is 0.234 e. The molecular formula is C10H18N2O2. The molecular weight excluding hydrogens is 180 g/mol. The lowest BCUT2D eigenvalue weighted by Gasteiger charge is -2.19. The fourth-order valence-corrected chi connectivity index (χ4v) is 0.854. The van der Waals surface area contributed by atoms with Crippen molar-refractivity contribution in [2.24, 2.45) is 5.92 Å². The summed E-state index contributed by atoms with van der Waals surface area (Å²) in [6.07, 6.45) is 5.01. The van der Waals surface area contributed by atoms with Gasteiger partial charge in [-0.15, -0.1) is 6.42 Å². The predicted molar refractivity (Wildman–Crippen MR) is 55.6 cm³/mol. The molecule has 80 valence electrons. The third-order valence-electron chi connectivity index (χ3n) is 2.04. The SMILES string of the molecule is C#CCNCC(=O)NC(C)C(C)CO. The molecule has 2 atom stereocenters. The summed E-state index contributed by atoms with van der Waals surface area (Å²) in [5.41, 5.74) is 0. The number of nitrogens with one attached hydrogen (secondary N) is 2. The van der Waals surface area contributed by atoms with Crippen LogP contribution in [-0.2, 0) is 4.79 Å². The Morgan fingerprint density at radius 3 is 2.71 bits per heavy atom. The second-order valence-corrected chi connectivity index (χ2v) is 3.32. The molecule has 4 nitrogen and oxygen atoms in total. The molecule has 0 aliphatic heterocycles. The van der Waals surface area contributed by atoms with Crippen LogP contribution >= 0.6 is 0 Å². The van der Waals surface area contributed by atoms with Gasteiger partial charge in [0.2, 0.25) is 5.91 Å². The van der Waals surface area contributed by atoms with Crippen molar-refractivity contribution in [2.75, 3.05) is 19.7 Å². The van der Waals surface area contributed by atoms with Gasteiger partial charge in [-0.1, -0.05) is 12.8 Å². The van der Waals surface area contributed by atoms with Gasteiger partial charge in [0.15, 0.2) is 0 Å². The van der Waals surface area contributed by atoms with E-state index in [1.807, 2.05) is 13.8 Å². The third-order valence-corrected chi connectivity index (χ3v) is 2.04. The quantitative estimate of drug-likeness (QED) is 0.392. The normalized spacial score (nSPS) is 14.1. The standard InChI is InChI=1S/C10H18N2O2/c1-4-5-11-6-10(14)12-9(3)8(2)7-13/h1,8-9,11,13H,5-7H2,2-3H3,(H,12,14).